The van der Waals surface area contributed by atoms with Gasteiger partial charge < -0.3 is 20.3 Å². The molecule has 0 aliphatic heterocycles. The lowest BCUT2D eigenvalue weighted by atomic mass is 9.89. The van der Waals surface area contributed by atoms with Gasteiger partial charge in [-0.05, 0) is 37.6 Å². The topological polar surface area (TPSA) is 64.7 Å². The van der Waals surface area contributed by atoms with Crippen LogP contribution in [0.25, 0.3) is 0 Å². The number of nitrogens with two attached hydrogens (primary N) is 1. The Balaban J connectivity index is 3.14. The first-order valence-corrected chi connectivity index (χ1v) is 5.83. The molecule has 0 fully saturated rings. The molecular formula is C13H20FNO3. The highest BCUT2D eigenvalue weighted by atomic mass is 19.1. The van der Waals surface area contributed by atoms with Crippen molar-refractivity contribution < 1.29 is 19.0 Å². The lowest BCUT2D eigenvalue weighted by molar-refractivity contribution is -0.0445. The fourth-order valence-electron chi connectivity index (χ4n) is 1.96. The highest BCUT2D eigenvalue weighted by Crippen LogP contribution is 2.34. The van der Waals surface area contributed by atoms with Crippen LogP contribution in [0.3, 0.4) is 0 Å². The van der Waals surface area contributed by atoms with E-state index in [1.807, 2.05) is 0 Å². The minimum absolute atomic E-state index is 0.0623. The number of ether oxygens (including phenoxy) is 2. The first-order valence-electron chi connectivity index (χ1n) is 5.83. The van der Waals surface area contributed by atoms with Gasteiger partial charge in [0.25, 0.3) is 0 Å². The number of rotatable bonds is 7. The Morgan fingerprint density at radius 1 is 1.39 bits per heavy atom. The van der Waals surface area contributed by atoms with Crippen LogP contribution in [0.4, 0.5) is 4.39 Å². The molecule has 0 spiro atoms. The molecule has 0 amide bonds. The van der Waals surface area contributed by atoms with E-state index in [4.69, 9.17) is 15.2 Å². The van der Waals surface area contributed by atoms with Gasteiger partial charge in [0.2, 0.25) is 0 Å². The molecule has 0 radical (unpaired) electrons. The third kappa shape index (κ3) is 3.41. The van der Waals surface area contributed by atoms with Crippen molar-refractivity contribution in [2.24, 2.45) is 5.73 Å². The summed E-state index contributed by atoms with van der Waals surface area (Å²) in [5.74, 6) is 0.0149. The highest BCUT2D eigenvalue weighted by Gasteiger charge is 2.32. The molecule has 0 aliphatic rings. The van der Waals surface area contributed by atoms with Crippen LogP contribution in [0.5, 0.6) is 5.75 Å². The minimum Gasteiger partial charge on any atom is -0.496 e. The predicted octanol–water partition coefficient (Wildman–Crippen LogP) is 1.41. The van der Waals surface area contributed by atoms with Gasteiger partial charge in [0, 0.05) is 12.7 Å². The maximum Gasteiger partial charge on any atom is 0.125 e. The second kappa shape index (κ2) is 6.68. The maximum atomic E-state index is 13.3. The number of methoxy groups -OCH3 is 2. The van der Waals surface area contributed by atoms with E-state index >= 15 is 0 Å². The molecular weight excluding hydrogens is 237 g/mol. The Bertz CT molecular complexity index is 386. The van der Waals surface area contributed by atoms with Crippen molar-refractivity contribution in [2.45, 2.75) is 18.4 Å². The van der Waals surface area contributed by atoms with Crippen LogP contribution < -0.4 is 10.5 Å². The van der Waals surface area contributed by atoms with Crippen molar-refractivity contribution >= 4 is 0 Å². The summed E-state index contributed by atoms with van der Waals surface area (Å²) in [5, 5.41) is 10.6. The molecule has 102 valence electrons. The molecule has 4 nitrogen and oxygen atoms in total. The molecule has 1 unspecified atom stereocenters. The van der Waals surface area contributed by atoms with Crippen LogP contribution in [0.15, 0.2) is 18.2 Å². The third-order valence-electron chi connectivity index (χ3n) is 2.84. The summed E-state index contributed by atoms with van der Waals surface area (Å²) in [4.78, 5) is 0. The summed E-state index contributed by atoms with van der Waals surface area (Å²) < 4.78 is 23.5. The summed E-state index contributed by atoms with van der Waals surface area (Å²) >= 11 is 0. The van der Waals surface area contributed by atoms with Crippen LogP contribution in [-0.4, -0.2) is 32.5 Å². The summed E-state index contributed by atoms with van der Waals surface area (Å²) in [6.45, 7) is 0.510. The third-order valence-corrected chi connectivity index (χ3v) is 2.84. The van der Waals surface area contributed by atoms with Gasteiger partial charge in [-0.2, -0.15) is 0 Å². The fraction of sp³-hybridized carbons (Fsp3) is 0.538. The molecule has 0 aliphatic carbocycles. The van der Waals surface area contributed by atoms with E-state index in [1.165, 1.54) is 32.4 Å². The summed E-state index contributed by atoms with van der Waals surface area (Å²) in [5.41, 5.74) is 4.55. The normalized spacial score (nSPS) is 14.3. The average molecular weight is 257 g/mol. The quantitative estimate of drug-likeness (QED) is 0.775. The molecule has 1 atom stereocenters. The number of aliphatic hydroxyl groups is 1. The first-order chi connectivity index (χ1) is 8.57. The SMILES string of the molecule is COCC(O)(CCCN)c1cc(F)ccc1OC. The summed E-state index contributed by atoms with van der Waals surface area (Å²) in [7, 11) is 2.96. The molecule has 0 bridgehead atoms. The summed E-state index contributed by atoms with van der Waals surface area (Å²) in [6.07, 6.45) is 0.997. The summed E-state index contributed by atoms with van der Waals surface area (Å²) in [6, 6.07) is 4.06. The van der Waals surface area contributed by atoms with Gasteiger partial charge in [-0.1, -0.05) is 0 Å². The van der Waals surface area contributed by atoms with Crippen molar-refractivity contribution in [3.63, 3.8) is 0 Å². The Labute approximate surface area is 107 Å². The molecule has 1 aromatic carbocycles. The lowest BCUT2D eigenvalue weighted by Gasteiger charge is -2.29. The monoisotopic (exact) mass is 257 g/mol. The second-order valence-corrected chi connectivity index (χ2v) is 4.20. The molecule has 3 N–H and O–H groups in total. The zero-order valence-electron chi connectivity index (χ0n) is 10.8. The minimum atomic E-state index is -1.29. The van der Waals surface area contributed by atoms with Crippen molar-refractivity contribution in [1.29, 1.82) is 0 Å². The van der Waals surface area contributed by atoms with Crippen LogP contribution in [0, 0.1) is 5.82 Å². The average Bonchev–Trinajstić information content (AvgIpc) is 2.36. The Morgan fingerprint density at radius 2 is 2.11 bits per heavy atom. The van der Waals surface area contributed by atoms with Gasteiger partial charge >= 0.3 is 0 Å². The largest absolute Gasteiger partial charge is 0.496 e. The molecule has 18 heavy (non-hydrogen) atoms. The Morgan fingerprint density at radius 3 is 2.67 bits per heavy atom. The first kappa shape index (κ1) is 14.9. The van der Waals surface area contributed by atoms with Crippen LogP contribution >= 0.6 is 0 Å². The van der Waals surface area contributed by atoms with Gasteiger partial charge in [0.1, 0.15) is 17.2 Å². The molecule has 0 saturated carbocycles. The molecule has 0 aromatic heterocycles. The fourth-order valence-corrected chi connectivity index (χ4v) is 1.96. The van der Waals surface area contributed by atoms with Gasteiger partial charge in [-0.25, -0.2) is 4.39 Å². The van der Waals surface area contributed by atoms with Crippen molar-refractivity contribution in [1.82, 2.24) is 0 Å². The lowest BCUT2D eigenvalue weighted by Crippen LogP contribution is -2.32. The van der Waals surface area contributed by atoms with E-state index in [0.29, 0.717) is 30.7 Å². The highest BCUT2D eigenvalue weighted by molar-refractivity contribution is 5.38. The number of hydrogen-bond acceptors (Lipinski definition) is 4. The zero-order chi connectivity index (χ0) is 13.6. The molecule has 0 saturated heterocycles. The molecule has 0 heterocycles. The van der Waals surface area contributed by atoms with E-state index in [-0.39, 0.29) is 6.61 Å². The van der Waals surface area contributed by atoms with Crippen LogP contribution in [0.2, 0.25) is 0 Å². The van der Waals surface area contributed by atoms with Gasteiger partial charge in [0.15, 0.2) is 0 Å². The Kier molecular flexibility index (Phi) is 5.53. The van der Waals surface area contributed by atoms with E-state index < -0.39 is 11.4 Å². The molecule has 1 aromatic rings. The predicted molar refractivity (Wildman–Crippen MR) is 67.0 cm³/mol. The standard InChI is InChI=1S/C13H20FNO3/c1-17-9-13(16,6-3-7-15)11-8-10(14)4-5-12(11)18-2/h4-5,8,16H,3,6-7,9,15H2,1-2H3. The van der Waals surface area contributed by atoms with Crippen LogP contribution in [-0.2, 0) is 10.3 Å². The van der Waals surface area contributed by atoms with Crippen molar-refractivity contribution in [3.05, 3.63) is 29.6 Å². The second-order valence-electron chi connectivity index (χ2n) is 4.20. The molecule has 5 heteroatoms. The number of halogens is 1. The van der Waals surface area contributed by atoms with Gasteiger partial charge in [-0.15, -0.1) is 0 Å². The zero-order valence-corrected chi connectivity index (χ0v) is 10.8. The Hall–Kier alpha value is -1.17. The van der Waals surface area contributed by atoms with E-state index in [1.54, 1.807) is 0 Å². The van der Waals surface area contributed by atoms with E-state index in [0.717, 1.165) is 0 Å². The van der Waals surface area contributed by atoms with Crippen molar-refractivity contribution in [3.8, 4) is 5.75 Å². The van der Waals surface area contributed by atoms with E-state index in [2.05, 4.69) is 0 Å². The van der Waals surface area contributed by atoms with Crippen LogP contribution in [0.1, 0.15) is 18.4 Å². The number of benzene rings is 1. The molecule has 1 rings (SSSR count). The number of hydrogen-bond donors (Lipinski definition) is 2. The maximum absolute atomic E-state index is 13.3. The van der Waals surface area contributed by atoms with E-state index in [9.17, 15) is 9.50 Å². The van der Waals surface area contributed by atoms with Gasteiger partial charge in [0.05, 0.1) is 13.7 Å². The van der Waals surface area contributed by atoms with Crippen molar-refractivity contribution in [2.75, 3.05) is 27.4 Å². The van der Waals surface area contributed by atoms with Gasteiger partial charge in [-0.3, -0.25) is 0 Å². The smallest absolute Gasteiger partial charge is 0.125 e.